The van der Waals surface area contributed by atoms with E-state index in [0.29, 0.717) is 6.61 Å². The lowest BCUT2D eigenvalue weighted by Crippen LogP contribution is -2.36. The molecule has 4 nitrogen and oxygen atoms in total. The Hall–Kier alpha value is -1.68. The average Bonchev–Trinajstić information content (AvgIpc) is 2.45. The van der Waals surface area contributed by atoms with Gasteiger partial charge in [0.25, 0.3) is 0 Å². The molecule has 0 radical (unpaired) electrons. The van der Waals surface area contributed by atoms with Gasteiger partial charge in [-0.05, 0) is 38.4 Å². The number of Topliss-reactive ketones (excluding diaryl/α,β-unsaturated/α-hetero) is 1. The fourth-order valence-corrected chi connectivity index (χ4v) is 1.95. The molecule has 0 fully saturated rings. The summed E-state index contributed by atoms with van der Waals surface area (Å²) in [5.41, 5.74) is 0.937. The fraction of sp³-hybridized carbons (Fsp3) is 0.529. The first-order valence-corrected chi connectivity index (χ1v) is 7.34. The lowest BCUT2D eigenvalue weighted by Gasteiger charge is -2.21. The van der Waals surface area contributed by atoms with Gasteiger partial charge >= 0.3 is 5.97 Å². The van der Waals surface area contributed by atoms with Crippen LogP contribution in [0.3, 0.4) is 0 Å². The minimum atomic E-state index is -1.10. The molecule has 116 valence electrons. The zero-order chi connectivity index (χ0) is 15.9. The van der Waals surface area contributed by atoms with E-state index in [1.165, 1.54) is 0 Å². The van der Waals surface area contributed by atoms with Gasteiger partial charge in [-0.15, -0.1) is 0 Å². The van der Waals surface area contributed by atoms with Crippen LogP contribution in [0.1, 0.15) is 38.3 Å². The smallest absolute Gasteiger partial charge is 0.319 e. The Bertz CT molecular complexity index is 495. The molecule has 0 aliphatic heterocycles. The highest BCUT2D eigenvalue weighted by molar-refractivity contribution is 6.03. The molecule has 0 aliphatic rings. The molecule has 0 amide bonds. The van der Waals surface area contributed by atoms with Crippen molar-refractivity contribution in [1.82, 2.24) is 5.32 Å². The summed E-state index contributed by atoms with van der Waals surface area (Å²) in [5.74, 6) is -0.564. The minimum absolute atomic E-state index is 0.120. The van der Waals surface area contributed by atoms with Crippen molar-refractivity contribution in [2.75, 3.05) is 13.7 Å². The zero-order valence-corrected chi connectivity index (χ0v) is 13.4. The predicted molar refractivity (Wildman–Crippen MR) is 82.9 cm³/mol. The van der Waals surface area contributed by atoms with E-state index in [4.69, 9.17) is 4.74 Å². The second-order valence-corrected chi connectivity index (χ2v) is 5.71. The number of benzene rings is 1. The van der Waals surface area contributed by atoms with Crippen LogP contribution in [-0.4, -0.2) is 25.4 Å². The van der Waals surface area contributed by atoms with Crippen LogP contribution in [0.5, 0.6) is 0 Å². The van der Waals surface area contributed by atoms with Crippen LogP contribution in [0.4, 0.5) is 0 Å². The van der Waals surface area contributed by atoms with Crippen LogP contribution in [0.15, 0.2) is 24.3 Å². The number of esters is 1. The summed E-state index contributed by atoms with van der Waals surface area (Å²) in [7, 11) is 1.88. The zero-order valence-electron chi connectivity index (χ0n) is 13.4. The van der Waals surface area contributed by atoms with Crippen LogP contribution in [0, 0.1) is 5.41 Å². The summed E-state index contributed by atoms with van der Waals surface area (Å²) in [6.07, 6.45) is 0.994. The summed E-state index contributed by atoms with van der Waals surface area (Å²) in [5, 5.41) is 3.08. The molecule has 1 aromatic carbocycles. The van der Waals surface area contributed by atoms with Crippen LogP contribution >= 0.6 is 0 Å². The van der Waals surface area contributed by atoms with Gasteiger partial charge in [0, 0.05) is 13.0 Å². The van der Waals surface area contributed by atoms with E-state index in [0.717, 1.165) is 24.1 Å². The lowest BCUT2D eigenvalue weighted by atomic mass is 9.84. The Morgan fingerprint density at radius 2 is 1.90 bits per heavy atom. The topological polar surface area (TPSA) is 55.4 Å². The Labute approximate surface area is 126 Å². The Balaban J connectivity index is 2.75. The molecule has 0 aromatic heterocycles. The number of nitrogens with one attached hydrogen (secondary N) is 1. The van der Waals surface area contributed by atoms with Crippen molar-refractivity contribution < 1.29 is 14.3 Å². The molecule has 4 heteroatoms. The maximum Gasteiger partial charge on any atom is 0.319 e. The molecule has 0 atom stereocenters. The van der Waals surface area contributed by atoms with Crippen molar-refractivity contribution in [3.05, 3.63) is 35.4 Å². The average molecular weight is 291 g/mol. The third-order valence-corrected chi connectivity index (χ3v) is 3.38. The van der Waals surface area contributed by atoms with Gasteiger partial charge in [-0.3, -0.25) is 9.59 Å². The molecule has 0 aliphatic carbocycles. The Morgan fingerprint density at radius 3 is 2.52 bits per heavy atom. The largest absolute Gasteiger partial charge is 0.465 e. The third kappa shape index (κ3) is 4.97. The molecule has 0 saturated carbocycles. The molecule has 21 heavy (non-hydrogen) atoms. The van der Waals surface area contributed by atoms with E-state index in [2.05, 4.69) is 5.32 Å². The van der Waals surface area contributed by atoms with Gasteiger partial charge in [0.15, 0.2) is 5.78 Å². The first-order valence-electron chi connectivity index (χ1n) is 7.34. The normalized spacial score (nSPS) is 11.2. The van der Waals surface area contributed by atoms with Crippen LogP contribution < -0.4 is 5.32 Å². The number of carbonyl (C=O) groups excluding carboxylic acids is 2. The molecule has 0 saturated heterocycles. The van der Waals surface area contributed by atoms with Gasteiger partial charge < -0.3 is 10.1 Å². The molecule has 0 heterocycles. The molecule has 0 unspecified atom stereocenters. The van der Waals surface area contributed by atoms with Crippen molar-refractivity contribution in [2.45, 2.75) is 40.2 Å². The molecule has 0 spiro atoms. The fourth-order valence-electron chi connectivity index (χ4n) is 1.95. The van der Waals surface area contributed by atoms with E-state index in [-0.39, 0.29) is 12.2 Å². The first kappa shape index (κ1) is 17.4. The SMILES string of the molecule is CCCOC(=O)C(C)(C)C(=O)Cc1cccc(CNC)c1. The van der Waals surface area contributed by atoms with Gasteiger partial charge in [0.1, 0.15) is 5.41 Å². The van der Waals surface area contributed by atoms with Crippen LogP contribution in [0.25, 0.3) is 0 Å². The van der Waals surface area contributed by atoms with Gasteiger partial charge in [0.2, 0.25) is 0 Å². The molecule has 1 N–H and O–H groups in total. The van der Waals surface area contributed by atoms with Crippen molar-refractivity contribution in [1.29, 1.82) is 0 Å². The quantitative estimate of drug-likeness (QED) is 0.590. The first-order chi connectivity index (χ1) is 9.91. The van der Waals surface area contributed by atoms with Gasteiger partial charge in [0.05, 0.1) is 6.61 Å². The van der Waals surface area contributed by atoms with Crippen LogP contribution in [0.2, 0.25) is 0 Å². The Kier molecular flexibility index (Phi) is 6.56. The maximum absolute atomic E-state index is 12.4. The van der Waals surface area contributed by atoms with Crippen molar-refractivity contribution in [3.8, 4) is 0 Å². The lowest BCUT2D eigenvalue weighted by molar-refractivity contribution is -0.158. The maximum atomic E-state index is 12.4. The number of ether oxygens (including phenoxy) is 1. The monoisotopic (exact) mass is 291 g/mol. The predicted octanol–water partition coefficient (Wildman–Crippen LogP) is 2.50. The third-order valence-electron chi connectivity index (χ3n) is 3.38. The van der Waals surface area contributed by atoms with Gasteiger partial charge in [-0.1, -0.05) is 31.2 Å². The standard InChI is InChI=1S/C17H25NO3/c1-5-9-21-16(20)17(2,3)15(19)11-13-7-6-8-14(10-13)12-18-4/h6-8,10,18H,5,9,11-12H2,1-4H3. The van der Waals surface area contributed by atoms with Crippen molar-refractivity contribution >= 4 is 11.8 Å². The molecular weight excluding hydrogens is 266 g/mol. The highest BCUT2D eigenvalue weighted by atomic mass is 16.5. The van der Waals surface area contributed by atoms with Gasteiger partial charge in [-0.2, -0.15) is 0 Å². The summed E-state index contributed by atoms with van der Waals surface area (Å²) in [6, 6.07) is 7.83. The van der Waals surface area contributed by atoms with Crippen LogP contribution in [-0.2, 0) is 27.3 Å². The number of hydrogen-bond donors (Lipinski definition) is 1. The summed E-state index contributed by atoms with van der Waals surface area (Å²) >= 11 is 0. The second kappa shape index (κ2) is 7.93. The summed E-state index contributed by atoms with van der Waals surface area (Å²) in [4.78, 5) is 24.4. The van der Waals surface area contributed by atoms with E-state index in [1.54, 1.807) is 13.8 Å². The second-order valence-electron chi connectivity index (χ2n) is 5.71. The van der Waals surface area contributed by atoms with E-state index >= 15 is 0 Å². The molecule has 1 aromatic rings. The van der Waals surface area contributed by atoms with E-state index in [9.17, 15) is 9.59 Å². The number of ketones is 1. The molecular formula is C17H25NO3. The number of carbonyl (C=O) groups is 2. The molecule has 1 rings (SSSR count). The molecule has 0 bridgehead atoms. The number of rotatable bonds is 8. The van der Waals surface area contributed by atoms with E-state index in [1.807, 2.05) is 38.2 Å². The highest BCUT2D eigenvalue weighted by Crippen LogP contribution is 2.22. The van der Waals surface area contributed by atoms with Crippen molar-refractivity contribution in [3.63, 3.8) is 0 Å². The summed E-state index contributed by atoms with van der Waals surface area (Å²) < 4.78 is 5.11. The highest BCUT2D eigenvalue weighted by Gasteiger charge is 2.37. The summed E-state index contributed by atoms with van der Waals surface area (Å²) in [6.45, 7) is 6.29. The van der Waals surface area contributed by atoms with E-state index < -0.39 is 11.4 Å². The Morgan fingerprint density at radius 1 is 1.24 bits per heavy atom. The minimum Gasteiger partial charge on any atom is -0.465 e. The van der Waals surface area contributed by atoms with Gasteiger partial charge in [-0.25, -0.2) is 0 Å². The van der Waals surface area contributed by atoms with Crippen molar-refractivity contribution in [2.24, 2.45) is 5.41 Å². The number of hydrogen-bond acceptors (Lipinski definition) is 4.